The number of nitrogen functional groups attached to an aromatic ring is 1. The average molecular weight is 278 g/mol. The summed E-state index contributed by atoms with van der Waals surface area (Å²) in [7, 11) is 2.06. The second kappa shape index (κ2) is 5.95. The van der Waals surface area contributed by atoms with Crippen LogP contribution in [0.25, 0.3) is 0 Å². The van der Waals surface area contributed by atoms with Crippen LogP contribution in [0, 0.1) is 5.92 Å². The Morgan fingerprint density at radius 2 is 2.15 bits per heavy atom. The summed E-state index contributed by atoms with van der Waals surface area (Å²) in [4.78, 5) is 11.2. The maximum atomic E-state index is 5.92. The van der Waals surface area contributed by atoms with E-state index in [0.717, 1.165) is 37.8 Å². The minimum absolute atomic E-state index is 0.0983. The minimum atomic E-state index is -0.0983. The smallest absolute Gasteiger partial charge is 0.138 e. The van der Waals surface area contributed by atoms with E-state index in [1.807, 2.05) is 6.07 Å². The lowest BCUT2D eigenvalue weighted by Crippen LogP contribution is -2.32. The van der Waals surface area contributed by atoms with E-state index >= 15 is 0 Å². The standard InChI is InChI=1S/C15H26N4O/c1-15(2,3)14-17-12(16)8-13(18-14)19(4)9-11-6-5-7-20-10-11/h8,11H,5-7,9-10H2,1-4H3,(H2,16,17,18). The molecule has 0 radical (unpaired) electrons. The van der Waals surface area contributed by atoms with E-state index in [1.165, 1.54) is 6.42 Å². The number of nitrogens with two attached hydrogens (primary N) is 1. The van der Waals surface area contributed by atoms with Crippen LogP contribution in [0.4, 0.5) is 11.6 Å². The Labute approximate surface area is 121 Å². The number of hydrogen-bond acceptors (Lipinski definition) is 5. The molecule has 1 aromatic heterocycles. The first-order chi connectivity index (χ1) is 9.36. The van der Waals surface area contributed by atoms with Crippen LogP contribution in [0.3, 0.4) is 0 Å². The summed E-state index contributed by atoms with van der Waals surface area (Å²) in [6.45, 7) is 8.98. The molecule has 112 valence electrons. The zero-order valence-electron chi connectivity index (χ0n) is 13.0. The summed E-state index contributed by atoms with van der Waals surface area (Å²) in [5.74, 6) is 2.79. The number of anilines is 2. The summed E-state index contributed by atoms with van der Waals surface area (Å²) >= 11 is 0. The van der Waals surface area contributed by atoms with Crippen LogP contribution in [-0.2, 0) is 10.2 Å². The molecule has 1 unspecified atom stereocenters. The van der Waals surface area contributed by atoms with Crippen molar-refractivity contribution in [2.75, 3.05) is 37.4 Å². The highest BCUT2D eigenvalue weighted by Crippen LogP contribution is 2.24. The molecule has 0 bridgehead atoms. The van der Waals surface area contributed by atoms with Crippen LogP contribution >= 0.6 is 0 Å². The lowest BCUT2D eigenvalue weighted by Gasteiger charge is -2.28. The van der Waals surface area contributed by atoms with Crippen molar-refractivity contribution >= 4 is 11.6 Å². The van der Waals surface area contributed by atoms with Crippen molar-refractivity contribution in [1.82, 2.24) is 9.97 Å². The topological polar surface area (TPSA) is 64.3 Å². The molecule has 20 heavy (non-hydrogen) atoms. The molecule has 0 spiro atoms. The highest BCUT2D eigenvalue weighted by Gasteiger charge is 2.21. The molecule has 1 atom stereocenters. The number of ether oxygens (including phenoxy) is 1. The van der Waals surface area contributed by atoms with Gasteiger partial charge >= 0.3 is 0 Å². The largest absolute Gasteiger partial charge is 0.384 e. The van der Waals surface area contributed by atoms with Crippen molar-refractivity contribution in [3.63, 3.8) is 0 Å². The Morgan fingerprint density at radius 1 is 1.40 bits per heavy atom. The molecule has 2 rings (SSSR count). The number of rotatable bonds is 3. The van der Waals surface area contributed by atoms with E-state index in [0.29, 0.717) is 11.7 Å². The molecular weight excluding hydrogens is 252 g/mol. The molecule has 1 aromatic rings. The molecule has 1 aliphatic heterocycles. The maximum Gasteiger partial charge on any atom is 0.138 e. The van der Waals surface area contributed by atoms with Crippen LogP contribution in [0.5, 0.6) is 0 Å². The molecule has 2 N–H and O–H groups in total. The van der Waals surface area contributed by atoms with E-state index in [2.05, 4.69) is 42.7 Å². The molecular formula is C15H26N4O. The summed E-state index contributed by atoms with van der Waals surface area (Å²) in [5.41, 5.74) is 5.83. The van der Waals surface area contributed by atoms with Gasteiger partial charge in [-0.3, -0.25) is 0 Å². The zero-order valence-corrected chi connectivity index (χ0v) is 13.0. The second-order valence-corrected chi connectivity index (χ2v) is 6.69. The van der Waals surface area contributed by atoms with Gasteiger partial charge in [-0.15, -0.1) is 0 Å². The fourth-order valence-corrected chi connectivity index (χ4v) is 2.42. The number of hydrogen-bond donors (Lipinski definition) is 1. The first kappa shape index (κ1) is 15.0. The molecule has 0 aromatic carbocycles. The average Bonchev–Trinajstić information content (AvgIpc) is 2.38. The molecule has 0 amide bonds. The van der Waals surface area contributed by atoms with Gasteiger partial charge in [-0.2, -0.15) is 0 Å². The van der Waals surface area contributed by atoms with E-state index in [4.69, 9.17) is 10.5 Å². The molecule has 5 nitrogen and oxygen atoms in total. The molecule has 1 saturated heterocycles. The SMILES string of the molecule is CN(CC1CCCOC1)c1cc(N)nc(C(C)(C)C)n1. The third kappa shape index (κ3) is 3.82. The van der Waals surface area contributed by atoms with Gasteiger partial charge in [0.05, 0.1) is 6.61 Å². The van der Waals surface area contributed by atoms with Gasteiger partial charge in [-0.1, -0.05) is 20.8 Å². The van der Waals surface area contributed by atoms with Crippen molar-refractivity contribution < 1.29 is 4.74 Å². The minimum Gasteiger partial charge on any atom is -0.384 e. The van der Waals surface area contributed by atoms with Gasteiger partial charge in [-0.05, 0) is 18.8 Å². The van der Waals surface area contributed by atoms with E-state index < -0.39 is 0 Å². The van der Waals surface area contributed by atoms with Crippen molar-refractivity contribution in [2.45, 2.75) is 39.0 Å². The molecule has 0 saturated carbocycles. The Kier molecular flexibility index (Phi) is 4.48. The van der Waals surface area contributed by atoms with Gasteiger partial charge < -0.3 is 15.4 Å². The van der Waals surface area contributed by atoms with Gasteiger partial charge in [0.15, 0.2) is 0 Å². The van der Waals surface area contributed by atoms with Crippen molar-refractivity contribution in [3.05, 3.63) is 11.9 Å². The van der Waals surface area contributed by atoms with Gasteiger partial charge in [0.2, 0.25) is 0 Å². The van der Waals surface area contributed by atoms with E-state index in [1.54, 1.807) is 0 Å². The first-order valence-electron chi connectivity index (χ1n) is 7.30. The lowest BCUT2D eigenvalue weighted by molar-refractivity contribution is 0.0576. The Balaban J connectivity index is 2.12. The Morgan fingerprint density at radius 3 is 2.75 bits per heavy atom. The molecule has 0 aliphatic carbocycles. The van der Waals surface area contributed by atoms with Crippen molar-refractivity contribution in [2.24, 2.45) is 5.92 Å². The van der Waals surface area contributed by atoms with E-state index in [9.17, 15) is 0 Å². The van der Waals surface area contributed by atoms with Crippen molar-refractivity contribution in [1.29, 1.82) is 0 Å². The highest BCUT2D eigenvalue weighted by atomic mass is 16.5. The van der Waals surface area contributed by atoms with Crippen LogP contribution < -0.4 is 10.6 Å². The number of nitrogens with zero attached hydrogens (tertiary/aromatic N) is 3. The predicted molar refractivity (Wildman–Crippen MR) is 82.0 cm³/mol. The molecule has 2 heterocycles. The third-order valence-corrected chi connectivity index (χ3v) is 3.58. The Hall–Kier alpha value is -1.36. The van der Waals surface area contributed by atoms with Crippen LogP contribution in [0.15, 0.2) is 6.07 Å². The monoisotopic (exact) mass is 278 g/mol. The van der Waals surface area contributed by atoms with Crippen LogP contribution in [-0.4, -0.2) is 36.8 Å². The Bertz CT molecular complexity index is 450. The summed E-state index contributed by atoms with van der Waals surface area (Å²) in [5, 5.41) is 0. The third-order valence-electron chi connectivity index (χ3n) is 3.58. The summed E-state index contributed by atoms with van der Waals surface area (Å²) in [6.07, 6.45) is 2.37. The molecule has 1 aliphatic rings. The molecule has 5 heteroatoms. The van der Waals surface area contributed by atoms with Crippen molar-refractivity contribution in [3.8, 4) is 0 Å². The second-order valence-electron chi connectivity index (χ2n) is 6.69. The summed E-state index contributed by atoms with van der Waals surface area (Å²) < 4.78 is 5.54. The van der Waals surface area contributed by atoms with Gasteiger partial charge in [0.1, 0.15) is 17.5 Å². The fraction of sp³-hybridized carbons (Fsp3) is 0.733. The first-order valence-corrected chi connectivity index (χ1v) is 7.30. The maximum absolute atomic E-state index is 5.92. The van der Waals surface area contributed by atoms with Crippen LogP contribution in [0.2, 0.25) is 0 Å². The quantitative estimate of drug-likeness (QED) is 0.918. The highest BCUT2D eigenvalue weighted by molar-refractivity contribution is 5.47. The van der Waals surface area contributed by atoms with Crippen LogP contribution in [0.1, 0.15) is 39.4 Å². The predicted octanol–water partition coefficient (Wildman–Crippen LogP) is 2.22. The number of aromatic nitrogens is 2. The normalized spacial score (nSPS) is 19.9. The summed E-state index contributed by atoms with van der Waals surface area (Å²) in [6, 6.07) is 1.85. The van der Waals surface area contributed by atoms with Gasteiger partial charge in [0, 0.05) is 31.7 Å². The fourth-order valence-electron chi connectivity index (χ4n) is 2.42. The molecule has 1 fully saturated rings. The lowest BCUT2D eigenvalue weighted by atomic mass is 9.95. The van der Waals surface area contributed by atoms with Gasteiger partial charge in [-0.25, -0.2) is 9.97 Å². The van der Waals surface area contributed by atoms with Gasteiger partial charge in [0.25, 0.3) is 0 Å². The zero-order chi connectivity index (χ0) is 14.8. The van der Waals surface area contributed by atoms with E-state index in [-0.39, 0.29) is 5.41 Å².